The van der Waals surface area contributed by atoms with E-state index in [1.165, 1.54) is 11.9 Å². The van der Waals surface area contributed by atoms with E-state index >= 15 is 0 Å². The number of para-hydroxylation sites is 1. The van der Waals surface area contributed by atoms with Crippen LogP contribution in [0.2, 0.25) is 10.0 Å². The van der Waals surface area contributed by atoms with E-state index in [9.17, 15) is 14.4 Å². The third-order valence-electron chi connectivity index (χ3n) is 4.17. The van der Waals surface area contributed by atoms with E-state index in [0.717, 1.165) is 0 Å². The molecule has 2 amide bonds. The maximum Gasteiger partial charge on any atom is 0.339 e. The molecule has 1 heterocycles. The maximum atomic E-state index is 12.4. The van der Waals surface area contributed by atoms with Crippen molar-refractivity contribution in [2.45, 2.75) is 12.5 Å². The lowest BCUT2D eigenvalue weighted by atomic mass is 10.0. The van der Waals surface area contributed by atoms with Crippen LogP contribution >= 0.6 is 23.2 Å². The summed E-state index contributed by atoms with van der Waals surface area (Å²) in [5.41, 5.74) is 1.44. The average molecular weight is 407 g/mol. The second-order valence-corrected chi connectivity index (χ2v) is 6.89. The number of esters is 1. The fourth-order valence-corrected chi connectivity index (χ4v) is 3.28. The summed E-state index contributed by atoms with van der Waals surface area (Å²) < 4.78 is 5.26. The molecule has 0 saturated carbocycles. The third kappa shape index (κ3) is 4.23. The normalized spacial score (nSPS) is 15.1. The van der Waals surface area contributed by atoms with Crippen LogP contribution in [-0.2, 0) is 14.3 Å². The van der Waals surface area contributed by atoms with E-state index in [1.54, 1.807) is 42.5 Å². The van der Waals surface area contributed by atoms with Gasteiger partial charge in [0, 0.05) is 12.6 Å². The van der Waals surface area contributed by atoms with Crippen molar-refractivity contribution < 1.29 is 19.1 Å². The molecule has 6 nitrogen and oxygen atoms in total. The summed E-state index contributed by atoms with van der Waals surface area (Å²) in [5.74, 6) is -1.22. The van der Waals surface area contributed by atoms with Crippen LogP contribution in [-0.4, -0.2) is 36.3 Å². The molecule has 1 aliphatic rings. The van der Waals surface area contributed by atoms with Gasteiger partial charge in [-0.1, -0.05) is 47.5 Å². The van der Waals surface area contributed by atoms with Gasteiger partial charge >= 0.3 is 5.97 Å². The Morgan fingerprint density at radius 3 is 2.48 bits per heavy atom. The molecule has 3 rings (SSSR count). The summed E-state index contributed by atoms with van der Waals surface area (Å²) in [6.45, 7) is -0.192. The highest BCUT2D eigenvalue weighted by Crippen LogP contribution is 2.33. The molecule has 1 atom stereocenters. The van der Waals surface area contributed by atoms with Crippen LogP contribution in [0.25, 0.3) is 0 Å². The van der Waals surface area contributed by atoms with Gasteiger partial charge in [0.15, 0.2) is 0 Å². The Labute approximate surface area is 166 Å². The SMILES string of the molecule is CN(CC(=O)Nc1c(Cl)cccc1Cl)C(=O)C[C@H]1OC(=O)c2ccccc21. The fourth-order valence-electron chi connectivity index (χ4n) is 2.79. The van der Waals surface area contributed by atoms with Gasteiger partial charge in [-0.15, -0.1) is 0 Å². The Kier molecular flexibility index (Phi) is 5.68. The molecule has 140 valence electrons. The molecule has 1 N–H and O–H groups in total. The number of likely N-dealkylation sites (N-methyl/N-ethyl adjacent to an activating group) is 1. The smallest absolute Gasteiger partial charge is 0.339 e. The first-order valence-electron chi connectivity index (χ1n) is 8.14. The summed E-state index contributed by atoms with van der Waals surface area (Å²) in [7, 11) is 1.50. The van der Waals surface area contributed by atoms with E-state index in [1.807, 2.05) is 0 Å². The zero-order chi connectivity index (χ0) is 19.6. The molecule has 0 fully saturated rings. The summed E-state index contributed by atoms with van der Waals surface area (Å²) >= 11 is 12.0. The summed E-state index contributed by atoms with van der Waals surface area (Å²) in [5, 5.41) is 3.21. The van der Waals surface area contributed by atoms with E-state index in [-0.39, 0.29) is 18.9 Å². The molecule has 0 spiro atoms. The number of carbonyl (C=O) groups excluding carboxylic acids is 3. The molecule has 2 aromatic rings. The van der Waals surface area contributed by atoms with Gasteiger partial charge < -0.3 is 15.0 Å². The minimum Gasteiger partial charge on any atom is -0.453 e. The van der Waals surface area contributed by atoms with Crippen LogP contribution < -0.4 is 5.32 Å². The molecule has 0 saturated heterocycles. The van der Waals surface area contributed by atoms with Crippen molar-refractivity contribution in [3.8, 4) is 0 Å². The van der Waals surface area contributed by atoms with E-state index in [2.05, 4.69) is 5.32 Å². The Morgan fingerprint density at radius 2 is 1.78 bits per heavy atom. The Bertz CT molecular complexity index is 896. The number of anilines is 1. The van der Waals surface area contributed by atoms with Crippen molar-refractivity contribution >= 4 is 46.7 Å². The Balaban J connectivity index is 1.60. The molecule has 1 aliphatic heterocycles. The standard InChI is InChI=1S/C19H16Cl2N2O4/c1-23(10-16(24)22-18-13(20)7-4-8-14(18)21)17(25)9-15-11-5-2-3-6-12(11)19(26)27-15/h2-8,15H,9-10H2,1H3,(H,22,24)/t15-/m1/s1. The van der Waals surface area contributed by atoms with Crippen LogP contribution in [0.15, 0.2) is 42.5 Å². The summed E-state index contributed by atoms with van der Waals surface area (Å²) in [6, 6.07) is 11.8. The first-order chi connectivity index (χ1) is 12.9. The molecular weight excluding hydrogens is 391 g/mol. The fraction of sp³-hybridized carbons (Fsp3) is 0.211. The number of carbonyl (C=O) groups is 3. The number of cyclic esters (lactones) is 1. The number of nitrogens with one attached hydrogen (secondary N) is 1. The highest BCUT2D eigenvalue weighted by molar-refractivity contribution is 6.39. The number of amides is 2. The van der Waals surface area contributed by atoms with Gasteiger partial charge in [-0.2, -0.15) is 0 Å². The summed E-state index contributed by atoms with van der Waals surface area (Å²) in [6.07, 6.45) is -0.691. The number of hydrogen-bond donors (Lipinski definition) is 1. The van der Waals surface area contributed by atoms with E-state index < -0.39 is 18.0 Å². The van der Waals surface area contributed by atoms with Crippen LogP contribution in [0, 0.1) is 0 Å². The number of rotatable bonds is 5. The number of benzene rings is 2. The van der Waals surface area contributed by atoms with Gasteiger partial charge in [0.1, 0.15) is 6.10 Å². The lowest BCUT2D eigenvalue weighted by Gasteiger charge is -2.19. The number of halogens is 2. The van der Waals surface area contributed by atoms with Crippen LogP contribution in [0.5, 0.6) is 0 Å². The minimum absolute atomic E-state index is 0.0423. The molecule has 0 aliphatic carbocycles. The summed E-state index contributed by atoms with van der Waals surface area (Å²) in [4.78, 5) is 37.7. The van der Waals surface area contributed by atoms with Crippen molar-refractivity contribution in [1.29, 1.82) is 0 Å². The second kappa shape index (κ2) is 7.98. The first kappa shape index (κ1) is 19.2. The first-order valence-corrected chi connectivity index (χ1v) is 8.90. The lowest BCUT2D eigenvalue weighted by Crippen LogP contribution is -2.35. The van der Waals surface area contributed by atoms with Gasteiger partial charge in [0.05, 0.1) is 34.3 Å². The highest BCUT2D eigenvalue weighted by atomic mass is 35.5. The third-order valence-corrected chi connectivity index (χ3v) is 4.80. The quantitative estimate of drug-likeness (QED) is 0.768. The predicted octanol–water partition coefficient (Wildman–Crippen LogP) is 3.69. The van der Waals surface area contributed by atoms with Gasteiger partial charge in [-0.25, -0.2) is 4.79 Å². The Hall–Kier alpha value is -2.57. The zero-order valence-corrected chi connectivity index (χ0v) is 15.9. The molecule has 8 heteroatoms. The largest absolute Gasteiger partial charge is 0.453 e. The van der Waals surface area contributed by atoms with Crippen molar-refractivity contribution in [2.75, 3.05) is 18.9 Å². The minimum atomic E-state index is -0.648. The predicted molar refractivity (Wildman–Crippen MR) is 102 cm³/mol. The van der Waals surface area contributed by atoms with Gasteiger partial charge in [-0.05, 0) is 18.2 Å². The molecule has 0 radical (unpaired) electrons. The highest BCUT2D eigenvalue weighted by Gasteiger charge is 2.33. The van der Waals surface area contributed by atoms with Crippen molar-refractivity contribution in [3.05, 3.63) is 63.6 Å². The molecule has 0 aromatic heterocycles. The number of ether oxygens (including phenoxy) is 1. The van der Waals surface area contributed by atoms with Gasteiger partial charge in [0.2, 0.25) is 11.8 Å². The Morgan fingerprint density at radius 1 is 1.11 bits per heavy atom. The maximum absolute atomic E-state index is 12.4. The zero-order valence-electron chi connectivity index (χ0n) is 14.4. The van der Waals surface area contributed by atoms with Crippen LogP contribution in [0.1, 0.15) is 28.4 Å². The van der Waals surface area contributed by atoms with Gasteiger partial charge in [0.25, 0.3) is 0 Å². The van der Waals surface area contributed by atoms with Crippen molar-refractivity contribution in [3.63, 3.8) is 0 Å². The topological polar surface area (TPSA) is 75.7 Å². The van der Waals surface area contributed by atoms with Crippen LogP contribution in [0.3, 0.4) is 0 Å². The monoisotopic (exact) mass is 406 g/mol. The molecule has 27 heavy (non-hydrogen) atoms. The molecule has 2 aromatic carbocycles. The van der Waals surface area contributed by atoms with Crippen molar-refractivity contribution in [2.24, 2.45) is 0 Å². The van der Waals surface area contributed by atoms with Gasteiger partial charge in [-0.3, -0.25) is 9.59 Å². The molecule has 0 unspecified atom stereocenters. The average Bonchev–Trinajstić information content (AvgIpc) is 2.94. The number of fused-ring (bicyclic) bond motifs is 1. The van der Waals surface area contributed by atoms with E-state index in [4.69, 9.17) is 27.9 Å². The second-order valence-electron chi connectivity index (χ2n) is 6.08. The molecule has 0 bridgehead atoms. The van der Waals surface area contributed by atoms with Crippen molar-refractivity contribution in [1.82, 2.24) is 4.90 Å². The molecular formula is C19H16Cl2N2O4. The lowest BCUT2D eigenvalue weighted by molar-refractivity contribution is -0.135. The van der Waals surface area contributed by atoms with Crippen LogP contribution in [0.4, 0.5) is 5.69 Å². The number of nitrogens with zero attached hydrogens (tertiary/aromatic N) is 1. The number of hydrogen-bond acceptors (Lipinski definition) is 4. The van der Waals surface area contributed by atoms with E-state index in [0.29, 0.717) is 26.9 Å².